The number of piperazine rings is 1. The van der Waals surface area contributed by atoms with Crippen LogP contribution in [-0.2, 0) is 0 Å². The van der Waals surface area contributed by atoms with Crippen molar-refractivity contribution in [1.29, 1.82) is 0 Å². The molecule has 1 atom stereocenters. The van der Waals surface area contributed by atoms with E-state index in [9.17, 15) is 4.79 Å². The van der Waals surface area contributed by atoms with Crippen LogP contribution < -0.4 is 15.0 Å². The van der Waals surface area contributed by atoms with Crippen molar-refractivity contribution in [3.05, 3.63) is 53.6 Å². The number of rotatable bonds is 4. The number of hydrogen-bond acceptors (Lipinski definition) is 6. The minimum absolute atomic E-state index is 0.0231. The van der Waals surface area contributed by atoms with Gasteiger partial charge in [0.1, 0.15) is 5.75 Å². The fourth-order valence-electron chi connectivity index (χ4n) is 4.18. The molecule has 2 aromatic carbocycles. The van der Waals surface area contributed by atoms with Crippen molar-refractivity contribution < 1.29 is 9.53 Å². The van der Waals surface area contributed by atoms with Gasteiger partial charge in [0.25, 0.3) is 5.91 Å². The van der Waals surface area contributed by atoms with Crippen LogP contribution in [0.15, 0.2) is 42.5 Å². The van der Waals surface area contributed by atoms with E-state index in [0.29, 0.717) is 12.2 Å². The summed E-state index contributed by atoms with van der Waals surface area (Å²) in [5.74, 6) is 0.810. The summed E-state index contributed by atoms with van der Waals surface area (Å²) in [5, 5.41) is 4.24. The van der Waals surface area contributed by atoms with Gasteiger partial charge in [0.2, 0.25) is 0 Å². The molecular formula is C23H26N4O2S. The van der Waals surface area contributed by atoms with Crippen LogP contribution >= 0.6 is 11.3 Å². The second kappa shape index (κ2) is 8.24. The molecule has 0 saturated carbocycles. The number of aromatic nitrogens is 1. The second-order valence-electron chi connectivity index (χ2n) is 7.80. The van der Waals surface area contributed by atoms with Gasteiger partial charge in [-0.05, 0) is 30.8 Å². The zero-order valence-electron chi connectivity index (χ0n) is 17.1. The number of anilines is 1. The van der Waals surface area contributed by atoms with Crippen LogP contribution in [0, 0.1) is 0 Å². The van der Waals surface area contributed by atoms with Crippen molar-refractivity contribution in [2.75, 3.05) is 44.2 Å². The van der Waals surface area contributed by atoms with E-state index in [-0.39, 0.29) is 11.9 Å². The average molecular weight is 423 g/mol. The number of thiazole rings is 1. The number of ether oxygens (including phenoxy) is 1. The Labute approximate surface area is 180 Å². The minimum atomic E-state index is -0.0508. The Morgan fingerprint density at radius 3 is 2.87 bits per heavy atom. The third-order valence-electron chi connectivity index (χ3n) is 5.99. The van der Waals surface area contributed by atoms with Gasteiger partial charge in [-0.1, -0.05) is 36.5 Å². The number of amides is 1. The largest absolute Gasteiger partial charge is 0.493 e. The zero-order chi connectivity index (χ0) is 20.5. The Kier molecular flexibility index (Phi) is 5.31. The molecule has 1 N–H and O–H groups in total. The molecule has 1 aromatic heterocycles. The molecule has 1 fully saturated rings. The van der Waals surface area contributed by atoms with Crippen molar-refractivity contribution >= 4 is 32.6 Å². The van der Waals surface area contributed by atoms with Gasteiger partial charge in [0.15, 0.2) is 5.13 Å². The van der Waals surface area contributed by atoms with Crippen LogP contribution in [0.2, 0.25) is 0 Å². The van der Waals surface area contributed by atoms with Gasteiger partial charge in [0.05, 0.1) is 22.9 Å². The lowest BCUT2D eigenvalue weighted by Crippen LogP contribution is -2.46. The molecule has 6 nitrogen and oxygen atoms in total. The second-order valence-corrected chi connectivity index (χ2v) is 8.81. The van der Waals surface area contributed by atoms with Crippen LogP contribution in [0.5, 0.6) is 5.75 Å². The van der Waals surface area contributed by atoms with Crippen molar-refractivity contribution in [3.8, 4) is 5.75 Å². The standard InChI is InChI=1S/C23H26N4O2S/c1-2-26-10-12-27(13-11-26)23-25-19-8-7-16(15-21(19)30-23)22(28)24-18-9-14-29-20-6-4-3-5-17(18)20/h3-8,15,18H,2,9-14H2,1H3,(H,24,28)/t18-/m1/s1. The Bertz CT molecular complexity index is 1060. The van der Waals surface area contributed by atoms with Gasteiger partial charge in [-0.2, -0.15) is 0 Å². The highest BCUT2D eigenvalue weighted by Gasteiger charge is 2.24. The number of fused-ring (bicyclic) bond motifs is 2. The van der Waals surface area contributed by atoms with Gasteiger partial charge in [0, 0.05) is 43.7 Å². The Balaban J connectivity index is 1.32. The molecule has 2 aliphatic heterocycles. The van der Waals surface area contributed by atoms with Crippen LogP contribution in [0.25, 0.3) is 10.2 Å². The summed E-state index contributed by atoms with van der Waals surface area (Å²) >= 11 is 1.68. The van der Waals surface area contributed by atoms with Gasteiger partial charge in [-0.15, -0.1) is 0 Å². The van der Waals surface area contributed by atoms with E-state index in [4.69, 9.17) is 9.72 Å². The topological polar surface area (TPSA) is 57.7 Å². The molecular weight excluding hydrogens is 396 g/mol. The Hall–Kier alpha value is -2.64. The number of para-hydroxylation sites is 1. The molecule has 5 rings (SSSR count). The molecule has 3 heterocycles. The van der Waals surface area contributed by atoms with Crippen molar-refractivity contribution in [2.45, 2.75) is 19.4 Å². The smallest absolute Gasteiger partial charge is 0.251 e. The minimum Gasteiger partial charge on any atom is -0.493 e. The molecule has 2 aliphatic rings. The summed E-state index contributed by atoms with van der Waals surface area (Å²) in [7, 11) is 0. The first kappa shape index (κ1) is 19.3. The predicted octanol–water partition coefficient (Wildman–Crippen LogP) is 3.69. The van der Waals surface area contributed by atoms with Crippen LogP contribution in [0.1, 0.15) is 35.3 Å². The maximum atomic E-state index is 13.0. The molecule has 156 valence electrons. The number of likely N-dealkylation sites (N-methyl/N-ethyl adjacent to an activating group) is 1. The first-order valence-electron chi connectivity index (χ1n) is 10.6. The van der Waals surface area contributed by atoms with E-state index in [1.807, 2.05) is 42.5 Å². The first-order chi connectivity index (χ1) is 14.7. The maximum absolute atomic E-state index is 13.0. The van der Waals surface area contributed by atoms with E-state index >= 15 is 0 Å². The summed E-state index contributed by atoms with van der Waals surface area (Å²) in [6.07, 6.45) is 0.777. The predicted molar refractivity (Wildman–Crippen MR) is 121 cm³/mol. The molecule has 3 aromatic rings. The van der Waals surface area contributed by atoms with Gasteiger partial charge < -0.3 is 19.9 Å². The molecule has 0 bridgehead atoms. The normalized spacial score (nSPS) is 19.4. The van der Waals surface area contributed by atoms with E-state index in [2.05, 4.69) is 22.0 Å². The highest BCUT2D eigenvalue weighted by Crippen LogP contribution is 2.33. The molecule has 0 aliphatic carbocycles. The molecule has 0 unspecified atom stereocenters. The number of benzene rings is 2. The highest BCUT2D eigenvalue weighted by atomic mass is 32.1. The summed E-state index contributed by atoms with van der Waals surface area (Å²) in [4.78, 5) is 22.6. The number of nitrogens with zero attached hydrogens (tertiary/aromatic N) is 3. The average Bonchev–Trinajstić information content (AvgIpc) is 3.23. The van der Waals surface area contributed by atoms with Crippen LogP contribution in [0.4, 0.5) is 5.13 Å². The maximum Gasteiger partial charge on any atom is 0.251 e. The summed E-state index contributed by atoms with van der Waals surface area (Å²) in [6, 6.07) is 13.7. The van der Waals surface area contributed by atoms with Gasteiger partial charge in [-0.25, -0.2) is 4.98 Å². The molecule has 0 radical (unpaired) electrons. The van der Waals surface area contributed by atoms with Crippen LogP contribution in [0.3, 0.4) is 0 Å². The summed E-state index contributed by atoms with van der Waals surface area (Å²) < 4.78 is 6.77. The summed E-state index contributed by atoms with van der Waals surface area (Å²) in [5.41, 5.74) is 2.68. The van der Waals surface area contributed by atoms with E-state index in [0.717, 1.165) is 65.8 Å². The lowest BCUT2D eigenvalue weighted by atomic mass is 10.00. The van der Waals surface area contributed by atoms with Crippen molar-refractivity contribution in [1.82, 2.24) is 15.2 Å². The number of hydrogen-bond donors (Lipinski definition) is 1. The number of carbonyl (C=O) groups is 1. The van der Waals surface area contributed by atoms with Crippen molar-refractivity contribution in [3.63, 3.8) is 0 Å². The first-order valence-corrected chi connectivity index (χ1v) is 11.4. The fourth-order valence-corrected chi connectivity index (χ4v) is 5.23. The fraction of sp³-hybridized carbons (Fsp3) is 0.391. The van der Waals surface area contributed by atoms with E-state index < -0.39 is 0 Å². The zero-order valence-corrected chi connectivity index (χ0v) is 18.0. The quantitative estimate of drug-likeness (QED) is 0.695. The lowest BCUT2D eigenvalue weighted by molar-refractivity contribution is 0.0925. The monoisotopic (exact) mass is 422 g/mol. The third kappa shape index (κ3) is 3.75. The van der Waals surface area contributed by atoms with Gasteiger partial charge in [-0.3, -0.25) is 4.79 Å². The molecule has 1 amide bonds. The third-order valence-corrected chi connectivity index (χ3v) is 7.07. The summed E-state index contributed by atoms with van der Waals surface area (Å²) in [6.45, 7) is 8.08. The SMILES string of the molecule is CCN1CCN(c2nc3ccc(C(=O)N[C@@H]4CCOc5ccccc54)cc3s2)CC1. The number of carbonyl (C=O) groups excluding carboxylic acids is 1. The molecule has 0 spiro atoms. The Morgan fingerprint density at radius 1 is 1.20 bits per heavy atom. The molecule has 30 heavy (non-hydrogen) atoms. The van der Waals surface area contributed by atoms with E-state index in [1.54, 1.807) is 11.3 Å². The number of nitrogens with one attached hydrogen (secondary N) is 1. The van der Waals surface area contributed by atoms with E-state index in [1.165, 1.54) is 0 Å². The molecule has 1 saturated heterocycles. The van der Waals surface area contributed by atoms with Crippen LogP contribution in [-0.4, -0.2) is 55.1 Å². The highest BCUT2D eigenvalue weighted by molar-refractivity contribution is 7.22. The lowest BCUT2D eigenvalue weighted by Gasteiger charge is -2.33. The van der Waals surface area contributed by atoms with Crippen molar-refractivity contribution in [2.24, 2.45) is 0 Å². The van der Waals surface area contributed by atoms with Gasteiger partial charge >= 0.3 is 0 Å². The Morgan fingerprint density at radius 2 is 2.03 bits per heavy atom. The molecule has 7 heteroatoms.